The van der Waals surface area contributed by atoms with E-state index in [9.17, 15) is 27.6 Å². The quantitative estimate of drug-likeness (QED) is 0.694. The molecule has 6 nitrogen and oxygen atoms in total. The third-order valence-electron chi connectivity index (χ3n) is 4.39. The van der Waals surface area contributed by atoms with Gasteiger partial charge < -0.3 is 15.8 Å². The Labute approximate surface area is 167 Å². The molecule has 10 heteroatoms. The van der Waals surface area contributed by atoms with Gasteiger partial charge in [0.05, 0.1) is 17.5 Å². The maximum absolute atomic E-state index is 12.7. The molecule has 0 spiro atoms. The van der Waals surface area contributed by atoms with Crippen molar-refractivity contribution in [2.75, 3.05) is 11.9 Å². The summed E-state index contributed by atoms with van der Waals surface area (Å²) in [6.45, 7) is -0.626. The second kappa shape index (κ2) is 8.24. The standard InChI is InChI=1S/C19H17F3N2O4S/c20-19(21,22)11-4-1-3-10(7-11)8-15(26)28-9-14(25)24-18-16(17(23)27)12-5-2-6-13(12)29-18/h1,3-4,7H,2,5-6,8-9H2,(H2,23,27)(H,24,25). The van der Waals surface area contributed by atoms with Crippen molar-refractivity contribution in [1.82, 2.24) is 0 Å². The Bertz CT molecular complexity index is 969. The van der Waals surface area contributed by atoms with Gasteiger partial charge in [-0.2, -0.15) is 13.2 Å². The number of aryl methyl sites for hydroxylation is 1. The summed E-state index contributed by atoms with van der Waals surface area (Å²) in [5.41, 5.74) is 5.79. The maximum atomic E-state index is 12.7. The first-order chi connectivity index (χ1) is 13.6. The third-order valence-corrected chi connectivity index (χ3v) is 5.59. The normalized spacial score (nSPS) is 13.1. The van der Waals surface area contributed by atoms with Crippen LogP contribution in [0, 0.1) is 0 Å². The van der Waals surface area contributed by atoms with Crippen molar-refractivity contribution >= 4 is 34.1 Å². The third kappa shape index (κ3) is 4.94. The Hall–Kier alpha value is -2.88. The zero-order chi connectivity index (χ0) is 21.2. The van der Waals surface area contributed by atoms with Crippen LogP contribution >= 0.6 is 11.3 Å². The van der Waals surface area contributed by atoms with Gasteiger partial charge in [-0.1, -0.05) is 18.2 Å². The molecule has 0 saturated heterocycles. The summed E-state index contributed by atoms with van der Waals surface area (Å²) in [7, 11) is 0. The molecule has 1 heterocycles. The number of primary amides is 1. The number of thiophene rings is 1. The number of nitrogens with one attached hydrogen (secondary N) is 1. The minimum Gasteiger partial charge on any atom is -0.455 e. The van der Waals surface area contributed by atoms with Crippen LogP contribution in [0.15, 0.2) is 24.3 Å². The molecule has 3 N–H and O–H groups in total. The van der Waals surface area contributed by atoms with E-state index in [0.29, 0.717) is 11.4 Å². The van der Waals surface area contributed by atoms with Crippen molar-refractivity contribution in [1.29, 1.82) is 0 Å². The highest BCUT2D eigenvalue weighted by Crippen LogP contribution is 2.38. The van der Waals surface area contributed by atoms with Crippen LogP contribution in [0.1, 0.15) is 38.3 Å². The number of rotatable bonds is 6. The lowest BCUT2D eigenvalue weighted by Crippen LogP contribution is -2.23. The number of amides is 2. The molecule has 0 fully saturated rings. The minimum atomic E-state index is -4.51. The average molecular weight is 426 g/mol. The molecular weight excluding hydrogens is 409 g/mol. The first kappa shape index (κ1) is 20.8. The number of ether oxygens (including phenoxy) is 1. The topological polar surface area (TPSA) is 98.5 Å². The number of esters is 1. The van der Waals surface area contributed by atoms with Gasteiger partial charge in [-0.3, -0.25) is 14.4 Å². The number of carbonyl (C=O) groups excluding carboxylic acids is 3. The van der Waals surface area contributed by atoms with E-state index in [1.807, 2.05) is 0 Å². The lowest BCUT2D eigenvalue weighted by Gasteiger charge is -2.09. The summed E-state index contributed by atoms with van der Waals surface area (Å²) in [6, 6.07) is 4.31. The minimum absolute atomic E-state index is 0.121. The summed E-state index contributed by atoms with van der Waals surface area (Å²) in [4.78, 5) is 36.6. The molecule has 1 aliphatic rings. The first-order valence-electron chi connectivity index (χ1n) is 8.71. The molecule has 2 aromatic rings. The molecule has 2 amide bonds. The Morgan fingerprint density at radius 3 is 2.66 bits per heavy atom. The predicted octanol–water partition coefficient (Wildman–Crippen LogP) is 3.08. The second-order valence-electron chi connectivity index (χ2n) is 6.51. The van der Waals surface area contributed by atoms with Crippen molar-refractivity contribution in [3.63, 3.8) is 0 Å². The number of halogens is 3. The lowest BCUT2D eigenvalue weighted by atomic mass is 10.1. The molecule has 3 rings (SSSR count). The van der Waals surface area contributed by atoms with Crippen LogP contribution < -0.4 is 11.1 Å². The molecule has 0 radical (unpaired) electrons. The van der Waals surface area contributed by atoms with E-state index in [4.69, 9.17) is 10.5 Å². The summed E-state index contributed by atoms with van der Waals surface area (Å²) in [5, 5.41) is 2.84. The molecule has 0 bridgehead atoms. The molecule has 0 unspecified atom stereocenters. The largest absolute Gasteiger partial charge is 0.455 e. The molecule has 154 valence electrons. The van der Waals surface area contributed by atoms with Gasteiger partial charge in [0, 0.05) is 4.88 Å². The number of alkyl halides is 3. The van der Waals surface area contributed by atoms with Crippen LogP contribution in [0.3, 0.4) is 0 Å². The fraction of sp³-hybridized carbons (Fsp3) is 0.316. The van der Waals surface area contributed by atoms with Gasteiger partial charge >= 0.3 is 12.1 Å². The molecule has 0 aliphatic heterocycles. The predicted molar refractivity (Wildman–Crippen MR) is 99.6 cm³/mol. The lowest BCUT2D eigenvalue weighted by molar-refractivity contribution is -0.146. The number of carbonyl (C=O) groups is 3. The van der Waals surface area contributed by atoms with Crippen LogP contribution in [-0.4, -0.2) is 24.4 Å². The Balaban J connectivity index is 1.56. The SMILES string of the molecule is NC(=O)c1c(NC(=O)COC(=O)Cc2cccc(C(F)(F)F)c2)sc2c1CCC2. The van der Waals surface area contributed by atoms with Crippen molar-refractivity contribution in [3.8, 4) is 0 Å². The summed E-state index contributed by atoms with van der Waals surface area (Å²) in [6.07, 6.45) is -2.48. The monoisotopic (exact) mass is 426 g/mol. The van der Waals surface area contributed by atoms with Crippen LogP contribution in [0.2, 0.25) is 0 Å². The molecule has 0 saturated carbocycles. The Morgan fingerprint density at radius 2 is 1.97 bits per heavy atom. The number of fused-ring (bicyclic) bond motifs is 1. The van der Waals surface area contributed by atoms with Crippen molar-refractivity contribution < 1.29 is 32.3 Å². The fourth-order valence-corrected chi connectivity index (χ4v) is 4.45. The number of hydrogen-bond donors (Lipinski definition) is 2. The fourth-order valence-electron chi connectivity index (χ4n) is 3.14. The molecule has 1 aromatic carbocycles. The summed E-state index contributed by atoms with van der Waals surface area (Å²) in [5.74, 6) is -2.14. The Morgan fingerprint density at radius 1 is 1.21 bits per heavy atom. The number of nitrogens with two attached hydrogens (primary N) is 1. The molecule has 29 heavy (non-hydrogen) atoms. The zero-order valence-electron chi connectivity index (χ0n) is 15.1. The Kier molecular flexibility index (Phi) is 5.92. The smallest absolute Gasteiger partial charge is 0.416 e. The summed E-state index contributed by atoms with van der Waals surface area (Å²) >= 11 is 1.27. The van der Waals surface area contributed by atoms with E-state index in [1.165, 1.54) is 23.5 Å². The number of hydrogen-bond acceptors (Lipinski definition) is 5. The highest BCUT2D eigenvalue weighted by molar-refractivity contribution is 7.17. The second-order valence-corrected chi connectivity index (χ2v) is 7.61. The van der Waals surface area contributed by atoms with Crippen molar-refractivity contribution in [2.45, 2.75) is 31.9 Å². The zero-order valence-corrected chi connectivity index (χ0v) is 15.9. The van der Waals surface area contributed by atoms with Gasteiger partial charge in [0.2, 0.25) is 0 Å². The van der Waals surface area contributed by atoms with E-state index in [-0.39, 0.29) is 11.1 Å². The van der Waals surface area contributed by atoms with E-state index in [2.05, 4.69) is 5.32 Å². The highest BCUT2D eigenvalue weighted by Gasteiger charge is 2.30. The molecule has 0 atom stereocenters. The first-order valence-corrected chi connectivity index (χ1v) is 9.52. The van der Waals surface area contributed by atoms with Gasteiger partial charge in [-0.25, -0.2) is 0 Å². The highest BCUT2D eigenvalue weighted by atomic mass is 32.1. The average Bonchev–Trinajstić information content (AvgIpc) is 3.19. The van der Waals surface area contributed by atoms with Crippen molar-refractivity contribution in [2.24, 2.45) is 5.73 Å². The van der Waals surface area contributed by atoms with Crippen LogP contribution in [0.5, 0.6) is 0 Å². The molecular formula is C19H17F3N2O4S. The number of anilines is 1. The van der Waals surface area contributed by atoms with Crippen molar-refractivity contribution in [3.05, 3.63) is 51.4 Å². The van der Waals surface area contributed by atoms with Crippen LogP contribution in [0.4, 0.5) is 18.2 Å². The van der Waals surface area contributed by atoms with E-state index >= 15 is 0 Å². The van der Waals surface area contributed by atoms with Gasteiger partial charge in [0.25, 0.3) is 11.8 Å². The van der Waals surface area contributed by atoms with E-state index < -0.39 is 42.6 Å². The van der Waals surface area contributed by atoms with Crippen LogP contribution in [-0.2, 0) is 39.8 Å². The summed E-state index contributed by atoms with van der Waals surface area (Å²) < 4.78 is 43.0. The van der Waals surface area contributed by atoms with Gasteiger partial charge in [-0.05, 0) is 36.5 Å². The number of benzene rings is 1. The van der Waals surface area contributed by atoms with E-state index in [1.54, 1.807) is 0 Å². The molecule has 1 aliphatic carbocycles. The van der Waals surface area contributed by atoms with Gasteiger partial charge in [0.1, 0.15) is 5.00 Å². The van der Waals surface area contributed by atoms with Crippen LogP contribution in [0.25, 0.3) is 0 Å². The van der Waals surface area contributed by atoms with Gasteiger partial charge in [-0.15, -0.1) is 11.3 Å². The van der Waals surface area contributed by atoms with E-state index in [0.717, 1.165) is 35.4 Å². The maximum Gasteiger partial charge on any atom is 0.416 e. The van der Waals surface area contributed by atoms with Gasteiger partial charge in [0.15, 0.2) is 6.61 Å². The molecule has 1 aromatic heterocycles.